The van der Waals surface area contributed by atoms with E-state index in [1.54, 1.807) is 12.3 Å². The van der Waals surface area contributed by atoms with E-state index >= 15 is 0 Å². The van der Waals surface area contributed by atoms with Gasteiger partial charge in [-0.3, -0.25) is 4.98 Å². The van der Waals surface area contributed by atoms with Gasteiger partial charge in [-0.1, -0.05) is 6.58 Å². The summed E-state index contributed by atoms with van der Waals surface area (Å²) in [5, 5.41) is 1.14. The molecule has 1 heterocycles. The minimum atomic E-state index is 0.919. The van der Waals surface area contributed by atoms with Crippen LogP contribution in [-0.2, 0) is 0 Å². The van der Waals surface area contributed by atoms with Crippen LogP contribution in [0.15, 0.2) is 24.9 Å². The topological polar surface area (TPSA) is 12.9 Å². The van der Waals surface area contributed by atoms with Gasteiger partial charge in [0.2, 0.25) is 0 Å². The maximum absolute atomic E-state index is 4.03. The molecule has 1 rings (SSSR count). The highest BCUT2D eigenvalue weighted by atomic mass is 31.0. The van der Waals surface area contributed by atoms with Crippen molar-refractivity contribution in [2.75, 3.05) is 0 Å². The first-order chi connectivity index (χ1) is 4.33. The number of hydrogen-bond acceptors (Lipinski definition) is 1. The lowest BCUT2D eigenvalue weighted by Crippen LogP contribution is -1.91. The van der Waals surface area contributed by atoms with E-state index < -0.39 is 0 Å². The summed E-state index contributed by atoms with van der Waals surface area (Å²) in [5.74, 6) is 0. The predicted octanol–water partition coefficient (Wildman–Crippen LogP) is 1.22. The monoisotopic (exact) mass is 137 g/mol. The zero-order valence-electron chi connectivity index (χ0n) is 5.04. The Labute approximate surface area is 57.0 Å². The number of hydrogen-bond donors (Lipinski definition) is 0. The van der Waals surface area contributed by atoms with Crippen LogP contribution >= 0.6 is 9.24 Å². The molecular formula is C7H8NP. The first-order valence-electron chi connectivity index (χ1n) is 2.67. The molecule has 0 aliphatic rings. The maximum Gasteiger partial charge on any atom is 0.0629 e. The Hall–Kier alpha value is -0.680. The molecule has 9 heavy (non-hydrogen) atoms. The Kier molecular flexibility index (Phi) is 1.96. The number of rotatable bonds is 1. The summed E-state index contributed by atoms with van der Waals surface area (Å²) in [6, 6.07) is 3.88. The Balaban J connectivity index is 3.07. The molecule has 0 aliphatic carbocycles. The van der Waals surface area contributed by atoms with Gasteiger partial charge in [0.25, 0.3) is 0 Å². The Morgan fingerprint density at radius 3 is 2.89 bits per heavy atom. The third kappa shape index (κ3) is 1.62. The summed E-state index contributed by atoms with van der Waals surface area (Å²) in [5.41, 5.74) is 0.919. The summed E-state index contributed by atoms with van der Waals surface area (Å²) < 4.78 is 0. The van der Waals surface area contributed by atoms with Crippen molar-refractivity contribution in [3.05, 3.63) is 30.6 Å². The standard InChI is InChI=1S/C7H8NP/c1-2-6-5-7(9)3-4-8-6/h2-5H,1,9H2. The van der Waals surface area contributed by atoms with Crippen LogP contribution in [0, 0.1) is 0 Å². The van der Waals surface area contributed by atoms with Crippen LogP contribution in [-0.4, -0.2) is 4.98 Å². The summed E-state index contributed by atoms with van der Waals surface area (Å²) in [6.07, 6.45) is 3.49. The van der Waals surface area contributed by atoms with Gasteiger partial charge in [0, 0.05) is 6.20 Å². The van der Waals surface area contributed by atoms with Crippen LogP contribution in [0.5, 0.6) is 0 Å². The van der Waals surface area contributed by atoms with Crippen molar-refractivity contribution in [2.24, 2.45) is 0 Å². The zero-order valence-corrected chi connectivity index (χ0v) is 6.20. The highest BCUT2D eigenvalue weighted by Crippen LogP contribution is 1.94. The van der Waals surface area contributed by atoms with Gasteiger partial charge in [-0.15, -0.1) is 9.24 Å². The Morgan fingerprint density at radius 1 is 1.67 bits per heavy atom. The summed E-state index contributed by atoms with van der Waals surface area (Å²) >= 11 is 0. The van der Waals surface area contributed by atoms with Gasteiger partial charge in [0.15, 0.2) is 0 Å². The Bertz CT molecular complexity index is 220. The van der Waals surface area contributed by atoms with Crippen molar-refractivity contribution >= 4 is 20.6 Å². The van der Waals surface area contributed by atoms with E-state index in [2.05, 4.69) is 20.8 Å². The molecule has 0 saturated heterocycles. The number of aromatic nitrogens is 1. The van der Waals surface area contributed by atoms with Crippen molar-refractivity contribution in [1.29, 1.82) is 0 Å². The molecule has 0 fully saturated rings. The van der Waals surface area contributed by atoms with E-state index in [9.17, 15) is 0 Å². The van der Waals surface area contributed by atoms with Gasteiger partial charge < -0.3 is 0 Å². The second-order valence-corrected chi connectivity index (χ2v) is 2.38. The van der Waals surface area contributed by atoms with Crippen LogP contribution in [0.25, 0.3) is 6.08 Å². The smallest absolute Gasteiger partial charge is 0.0629 e. The van der Waals surface area contributed by atoms with Crippen molar-refractivity contribution in [3.8, 4) is 0 Å². The van der Waals surface area contributed by atoms with Gasteiger partial charge in [-0.05, 0) is 23.5 Å². The molecule has 1 atom stereocenters. The highest BCUT2D eigenvalue weighted by Gasteiger charge is 1.84. The maximum atomic E-state index is 4.03. The Morgan fingerprint density at radius 2 is 2.44 bits per heavy atom. The molecule has 0 saturated carbocycles. The molecule has 0 radical (unpaired) electrons. The van der Waals surface area contributed by atoms with Crippen LogP contribution in [0.3, 0.4) is 0 Å². The minimum Gasteiger partial charge on any atom is -0.257 e. The molecule has 1 nitrogen and oxygen atoms in total. The van der Waals surface area contributed by atoms with E-state index in [1.165, 1.54) is 0 Å². The second-order valence-electron chi connectivity index (χ2n) is 1.72. The van der Waals surface area contributed by atoms with Gasteiger partial charge in [0.05, 0.1) is 5.69 Å². The van der Waals surface area contributed by atoms with Crippen molar-refractivity contribution in [1.82, 2.24) is 4.98 Å². The van der Waals surface area contributed by atoms with Gasteiger partial charge in [-0.2, -0.15) is 0 Å². The van der Waals surface area contributed by atoms with E-state index in [-0.39, 0.29) is 0 Å². The molecule has 46 valence electrons. The molecule has 0 amide bonds. The second kappa shape index (κ2) is 2.75. The lowest BCUT2D eigenvalue weighted by atomic mass is 10.3. The van der Waals surface area contributed by atoms with Crippen LogP contribution in [0.4, 0.5) is 0 Å². The summed E-state index contributed by atoms with van der Waals surface area (Å²) in [7, 11) is 2.60. The van der Waals surface area contributed by atoms with E-state index in [1.807, 2.05) is 12.1 Å². The summed E-state index contributed by atoms with van der Waals surface area (Å²) in [6.45, 7) is 3.60. The van der Waals surface area contributed by atoms with Crippen LogP contribution in [0.1, 0.15) is 5.69 Å². The zero-order chi connectivity index (χ0) is 6.69. The molecule has 1 unspecified atom stereocenters. The molecule has 0 aliphatic heterocycles. The van der Waals surface area contributed by atoms with Crippen molar-refractivity contribution in [2.45, 2.75) is 0 Å². The lowest BCUT2D eigenvalue weighted by molar-refractivity contribution is 1.31. The molecule has 1 aromatic rings. The fourth-order valence-corrected chi connectivity index (χ4v) is 0.834. The third-order valence-corrected chi connectivity index (χ3v) is 1.37. The van der Waals surface area contributed by atoms with Gasteiger partial charge >= 0.3 is 0 Å². The normalized spacial score (nSPS) is 9.00. The highest BCUT2D eigenvalue weighted by molar-refractivity contribution is 7.27. The quantitative estimate of drug-likeness (QED) is 0.530. The number of pyridine rings is 1. The molecule has 1 aromatic heterocycles. The van der Waals surface area contributed by atoms with E-state index in [0.717, 1.165) is 11.0 Å². The van der Waals surface area contributed by atoms with Crippen molar-refractivity contribution in [3.63, 3.8) is 0 Å². The molecule has 2 heteroatoms. The first kappa shape index (κ1) is 6.44. The van der Waals surface area contributed by atoms with E-state index in [0.29, 0.717) is 0 Å². The molecule has 0 bridgehead atoms. The predicted molar refractivity (Wildman–Crippen MR) is 43.7 cm³/mol. The van der Waals surface area contributed by atoms with Gasteiger partial charge in [0.1, 0.15) is 0 Å². The minimum absolute atomic E-state index is 0.919. The molecule has 0 N–H and O–H groups in total. The number of nitrogens with zero attached hydrogens (tertiary/aromatic N) is 1. The van der Waals surface area contributed by atoms with Crippen LogP contribution in [0.2, 0.25) is 0 Å². The first-order valence-corrected chi connectivity index (χ1v) is 3.24. The molecular weight excluding hydrogens is 129 g/mol. The average Bonchev–Trinajstić information content (AvgIpc) is 1.88. The van der Waals surface area contributed by atoms with Gasteiger partial charge in [-0.25, -0.2) is 0 Å². The third-order valence-electron chi connectivity index (χ3n) is 1.01. The fourth-order valence-electron chi connectivity index (χ4n) is 0.577. The lowest BCUT2D eigenvalue weighted by Gasteiger charge is -1.91. The molecule has 0 aromatic carbocycles. The molecule has 0 spiro atoms. The van der Waals surface area contributed by atoms with Crippen LogP contribution < -0.4 is 5.30 Å². The largest absolute Gasteiger partial charge is 0.257 e. The summed E-state index contributed by atoms with van der Waals surface area (Å²) in [4.78, 5) is 4.03. The average molecular weight is 137 g/mol. The van der Waals surface area contributed by atoms with E-state index in [4.69, 9.17) is 0 Å². The van der Waals surface area contributed by atoms with Crippen molar-refractivity contribution < 1.29 is 0 Å². The SMILES string of the molecule is C=Cc1cc(P)ccn1. The fraction of sp³-hybridized carbons (Fsp3) is 0.